The zero-order chi connectivity index (χ0) is 21.6. The van der Waals surface area contributed by atoms with Crippen molar-refractivity contribution in [2.75, 3.05) is 18.1 Å². The van der Waals surface area contributed by atoms with Crippen molar-refractivity contribution < 1.29 is 18.7 Å². The van der Waals surface area contributed by atoms with Crippen molar-refractivity contribution in [2.24, 2.45) is 5.41 Å². The van der Waals surface area contributed by atoms with E-state index in [4.69, 9.17) is 0 Å². The Morgan fingerprint density at radius 1 is 1.30 bits per heavy atom. The smallest absolute Gasteiger partial charge is 0.278 e. The number of amides is 1. The second-order valence-electron chi connectivity index (χ2n) is 8.69. The van der Waals surface area contributed by atoms with Gasteiger partial charge >= 0.3 is 0 Å². The lowest BCUT2D eigenvalue weighted by Gasteiger charge is -2.44. The van der Waals surface area contributed by atoms with Crippen molar-refractivity contribution in [3.05, 3.63) is 51.5 Å². The molecule has 1 aromatic heterocycles. The molecule has 6 nitrogen and oxygen atoms in total. The summed E-state index contributed by atoms with van der Waals surface area (Å²) in [6.45, 7) is 4.95. The van der Waals surface area contributed by atoms with E-state index >= 15 is 0 Å². The molecular formula is C22H27F2N3O3. The third-order valence-electron chi connectivity index (χ3n) is 6.45. The molecule has 0 radical (unpaired) electrons. The van der Waals surface area contributed by atoms with Crippen LogP contribution in [0, 0.1) is 5.41 Å². The van der Waals surface area contributed by atoms with E-state index in [1.54, 1.807) is 22.7 Å². The standard InChI is InChI=1S/C22H27F2N3O3/c1-3-4-10-26-17-6-5-9-25(17)21(30)18-20(29)19(28)14(13-27(18)26)12-22(2)8-7-15(23)11-16(22)24/h7,11,13,17,29H,3-6,8-10,12H2,1-2H3. The molecule has 1 aromatic rings. The topological polar surface area (TPSA) is 65.8 Å². The third-order valence-corrected chi connectivity index (χ3v) is 6.45. The number of aromatic nitrogens is 1. The number of fused-ring (bicyclic) bond motifs is 2. The number of aromatic hydroxyl groups is 1. The number of rotatable bonds is 5. The van der Waals surface area contributed by atoms with E-state index in [1.165, 1.54) is 6.08 Å². The lowest BCUT2D eigenvalue weighted by Crippen LogP contribution is -2.59. The number of pyridine rings is 1. The van der Waals surface area contributed by atoms with Gasteiger partial charge in [0, 0.05) is 36.3 Å². The van der Waals surface area contributed by atoms with Crippen molar-refractivity contribution in [1.29, 1.82) is 0 Å². The molecule has 1 aliphatic carbocycles. The number of carbonyl (C=O) groups is 1. The average Bonchev–Trinajstić information content (AvgIpc) is 3.19. The molecule has 30 heavy (non-hydrogen) atoms. The van der Waals surface area contributed by atoms with Crippen molar-refractivity contribution in [2.45, 2.75) is 58.5 Å². The molecule has 0 aromatic carbocycles. The van der Waals surface area contributed by atoms with Crippen LogP contribution in [0.3, 0.4) is 0 Å². The van der Waals surface area contributed by atoms with Gasteiger partial charge < -0.3 is 10.0 Å². The third kappa shape index (κ3) is 3.22. The molecule has 0 bridgehead atoms. The summed E-state index contributed by atoms with van der Waals surface area (Å²) in [6.07, 6.45) is 7.20. The maximum absolute atomic E-state index is 14.6. The first-order chi connectivity index (χ1) is 14.3. The predicted octanol–water partition coefficient (Wildman–Crippen LogP) is 3.53. The van der Waals surface area contributed by atoms with E-state index in [2.05, 4.69) is 6.92 Å². The van der Waals surface area contributed by atoms with E-state index in [0.717, 1.165) is 31.8 Å². The first-order valence-corrected chi connectivity index (χ1v) is 10.6. The monoisotopic (exact) mass is 419 g/mol. The highest BCUT2D eigenvalue weighted by atomic mass is 19.1. The number of halogens is 2. The maximum Gasteiger partial charge on any atom is 0.278 e. The van der Waals surface area contributed by atoms with Crippen molar-refractivity contribution in [1.82, 2.24) is 9.58 Å². The summed E-state index contributed by atoms with van der Waals surface area (Å²) in [5, 5.41) is 12.7. The van der Waals surface area contributed by atoms with Crippen LogP contribution in [0.25, 0.3) is 0 Å². The lowest BCUT2D eigenvalue weighted by atomic mass is 9.77. The maximum atomic E-state index is 14.6. The minimum absolute atomic E-state index is 0.00399. The molecule has 1 fully saturated rings. The summed E-state index contributed by atoms with van der Waals surface area (Å²) in [5.74, 6) is -2.22. The molecule has 0 spiro atoms. The minimum Gasteiger partial charge on any atom is -0.502 e. The molecule has 4 rings (SSSR count). The van der Waals surface area contributed by atoms with E-state index < -0.39 is 28.2 Å². The molecule has 1 amide bonds. The van der Waals surface area contributed by atoms with Gasteiger partial charge in [0.1, 0.15) is 17.8 Å². The van der Waals surface area contributed by atoms with Crippen molar-refractivity contribution in [3.8, 4) is 5.75 Å². The van der Waals surface area contributed by atoms with Crippen molar-refractivity contribution >= 4 is 5.91 Å². The predicted molar refractivity (Wildman–Crippen MR) is 109 cm³/mol. The first-order valence-electron chi connectivity index (χ1n) is 10.6. The first kappa shape index (κ1) is 20.6. The van der Waals surface area contributed by atoms with Gasteiger partial charge in [0.2, 0.25) is 5.43 Å². The van der Waals surface area contributed by atoms with Crippen LogP contribution in [0.5, 0.6) is 5.75 Å². The van der Waals surface area contributed by atoms with Crippen molar-refractivity contribution in [3.63, 3.8) is 0 Å². The highest BCUT2D eigenvalue weighted by Gasteiger charge is 2.43. The molecule has 0 saturated carbocycles. The fourth-order valence-corrected chi connectivity index (χ4v) is 4.67. The lowest BCUT2D eigenvalue weighted by molar-refractivity contribution is 0.0645. The Labute approximate surface area is 174 Å². The fraction of sp³-hybridized carbons (Fsp3) is 0.545. The number of carbonyl (C=O) groups excluding carboxylic acids is 1. The summed E-state index contributed by atoms with van der Waals surface area (Å²) < 4.78 is 29.6. The Hall–Kier alpha value is -2.64. The summed E-state index contributed by atoms with van der Waals surface area (Å²) in [7, 11) is 0. The molecule has 1 N–H and O–H groups in total. The molecule has 3 aliphatic rings. The van der Waals surface area contributed by atoms with Gasteiger partial charge in [-0.3, -0.25) is 19.3 Å². The molecule has 2 aliphatic heterocycles. The number of allylic oxidation sites excluding steroid dienone is 4. The molecular weight excluding hydrogens is 392 g/mol. The van der Waals surface area contributed by atoms with E-state index in [9.17, 15) is 23.5 Å². The molecule has 2 atom stereocenters. The highest BCUT2D eigenvalue weighted by Crippen LogP contribution is 2.40. The Bertz CT molecular complexity index is 1000. The number of unbranched alkanes of at least 4 members (excludes halogenated alkanes) is 1. The molecule has 162 valence electrons. The van der Waals surface area contributed by atoms with Crippen LogP contribution in [0.4, 0.5) is 8.78 Å². The summed E-state index contributed by atoms with van der Waals surface area (Å²) >= 11 is 0. The molecule has 1 saturated heterocycles. The summed E-state index contributed by atoms with van der Waals surface area (Å²) in [6, 6.07) is 0. The minimum atomic E-state index is -1.08. The van der Waals surface area contributed by atoms with E-state index in [0.29, 0.717) is 13.1 Å². The van der Waals surface area contributed by atoms with E-state index in [1.807, 2.05) is 5.01 Å². The van der Waals surface area contributed by atoms with Gasteiger partial charge in [-0.2, -0.15) is 0 Å². The normalized spacial score (nSPS) is 25.7. The van der Waals surface area contributed by atoms with Crippen LogP contribution in [-0.2, 0) is 6.42 Å². The zero-order valence-corrected chi connectivity index (χ0v) is 17.3. The average molecular weight is 419 g/mol. The van der Waals surface area contributed by atoms with Crippen LogP contribution in [-0.4, -0.2) is 39.8 Å². The Morgan fingerprint density at radius 2 is 2.07 bits per heavy atom. The number of nitrogens with zero attached hydrogens (tertiary/aromatic N) is 3. The van der Waals surface area contributed by atoms with Crippen LogP contribution in [0.1, 0.15) is 62.0 Å². The highest BCUT2D eigenvalue weighted by molar-refractivity contribution is 5.96. The second kappa shape index (κ2) is 7.56. The summed E-state index contributed by atoms with van der Waals surface area (Å²) in [5.41, 5.74) is -1.58. The van der Waals surface area contributed by atoms with E-state index in [-0.39, 0.29) is 36.2 Å². The van der Waals surface area contributed by atoms with Gasteiger partial charge in [0.05, 0.1) is 0 Å². The largest absolute Gasteiger partial charge is 0.502 e. The Balaban J connectivity index is 1.79. The van der Waals surface area contributed by atoms with Gasteiger partial charge in [-0.1, -0.05) is 20.3 Å². The number of hydrogen-bond acceptors (Lipinski definition) is 4. The Morgan fingerprint density at radius 3 is 2.77 bits per heavy atom. The quantitative estimate of drug-likeness (QED) is 0.793. The molecule has 8 heteroatoms. The molecule has 3 heterocycles. The van der Waals surface area contributed by atoms with Gasteiger partial charge in [0.15, 0.2) is 11.4 Å². The summed E-state index contributed by atoms with van der Waals surface area (Å²) in [4.78, 5) is 27.6. The zero-order valence-electron chi connectivity index (χ0n) is 17.3. The van der Waals surface area contributed by atoms with Crippen LogP contribution < -0.4 is 10.4 Å². The second-order valence-corrected chi connectivity index (χ2v) is 8.69. The Kier molecular flexibility index (Phi) is 5.20. The van der Waals surface area contributed by atoms with Crippen LogP contribution >= 0.6 is 0 Å². The van der Waals surface area contributed by atoms with Gasteiger partial charge in [-0.25, -0.2) is 8.78 Å². The number of hydrogen-bond donors (Lipinski definition) is 1. The van der Waals surface area contributed by atoms with Gasteiger partial charge in [0.25, 0.3) is 5.91 Å². The van der Waals surface area contributed by atoms with Crippen LogP contribution in [0.15, 0.2) is 34.8 Å². The SMILES string of the molecule is CCCCN1C2CCCN2C(=O)c2c(O)c(=O)c(CC3(C)CC=C(F)C=C3F)cn21. The van der Waals surface area contributed by atoms with Gasteiger partial charge in [-0.15, -0.1) is 0 Å². The van der Waals surface area contributed by atoms with Crippen LogP contribution in [0.2, 0.25) is 0 Å². The fourth-order valence-electron chi connectivity index (χ4n) is 4.67. The molecule has 2 unspecified atom stereocenters. The van der Waals surface area contributed by atoms with Gasteiger partial charge in [-0.05, 0) is 38.2 Å².